The number of hydrogen-bond acceptors (Lipinski definition) is 12. The molecule has 4 fully saturated rings. The lowest BCUT2D eigenvalue weighted by Gasteiger charge is -2.56. The molecule has 1 amide bonds. The van der Waals surface area contributed by atoms with Gasteiger partial charge in [0.25, 0.3) is 15.9 Å². The fourth-order valence-electron chi connectivity index (χ4n) is 11.3. The van der Waals surface area contributed by atoms with Crippen molar-refractivity contribution in [3.63, 3.8) is 0 Å². The minimum absolute atomic E-state index is 0.0256. The number of carbonyl (C=O) groups is 1. The Morgan fingerprint density at radius 3 is 2.51 bits per heavy atom. The lowest BCUT2D eigenvalue weighted by molar-refractivity contribution is -0.384. The largest absolute Gasteiger partial charge is 0.474 e. The van der Waals surface area contributed by atoms with Gasteiger partial charge in [-0.1, -0.05) is 54.6 Å². The van der Waals surface area contributed by atoms with Gasteiger partial charge in [-0.2, -0.15) is 18.5 Å². The molecule has 4 aromatic heterocycles. The van der Waals surface area contributed by atoms with Crippen molar-refractivity contribution in [1.82, 2.24) is 34.4 Å². The number of nitro groups is 1. The van der Waals surface area contributed by atoms with Crippen molar-refractivity contribution >= 4 is 55.1 Å². The molecule has 2 atom stereocenters. The van der Waals surface area contributed by atoms with E-state index in [-0.39, 0.29) is 29.8 Å². The first-order valence-corrected chi connectivity index (χ1v) is 24.8. The molecule has 7 heterocycles. The van der Waals surface area contributed by atoms with E-state index in [0.717, 1.165) is 54.6 Å². The second-order valence-electron chi connectivity index (χ2n) is 19.1. The Morgan fingerprint density at radius 2 is 1.72 bits per heavy atom. The van der Waals surface area contributed by atoms with E-state index in [9.17, 15) is 23.3 Å². The quantitative estimate of drug-likeness (QED) is 0.0833. The van der Waals surface area contributed by atoms with Gasteiger partial charge in [-0.15, -0.1) is 0 Å². The minimum atomic E-state index is -4.77. The predicted molar refractivity (Wildman–Crippen MR) is 253 cm³/mol. The molecule has 0 radical (unpaired) electrons. The lowest BCUT2D eigenvalue weighted by Crippen LogP contribution is -2.55. The molecule has 1 unspecified atom stereocenters. The van der Waals surface area contributed by atoms with Crippen LogP contribution in [0.25, 0.3) is 27.8 Å². The zero-order valence-electron chi connectivity index (χ0n) is 36.8. The Balaban J connectivity index is 0.797. The van der Waals surface area contributed by atoms with Gasteiger partial charge in [0.15, 0.2) is 10.7 Å². The van der Waals surface area contributed by atoms with Crippen LogP contribution in [0.1, 0.15) is 90.4 Å². The van der Waals surface area contributed by atoms with Gasteiger partial charge >= 0.3 is 5.69 Å². The summed E-state index contributed by atoms with van der Waals surface area (Å²) < 4.78 is 37.6. The molecule has 3 aliphatic heterocycles. The number of nitrogens with zero attached hydrogens (tertiary/aromatic N) is 7. The second kappa shape index (κ2) is 16.2. The molecule has 2 aliphatic carbocycles. The molecule has 1 spiro atoms. The summed E-state index contributed by atoms with van der Waals surface area (Å²) in [5, 5.41) is 20.3. The van der Waals surface area contributed by atoms with Crippen molar-refractivity contribution in [3.05, 3.63) is 136 Å². The average molecular weight is 919 g/mol. The van der Waals surface area contributed by atoms with Crippen molar-refractivity contribution < 1.29 is 22.9 Å². The number of ether oxygens (including phenoxy) is 1. The summed E-state index contributed by atoms with van der Waals surface area (Å²) in [5.74, 6) is -0.454. The Hall–Kier alpha value is -6.85. The second-order valence-corrected chi connectivity index (χ2v) is 20.7. The number of amides is 1. The predicted octanol–water partition coefficient (Wildman–Crippen LogP) is 8.20. The molecule has 12 rings (SSSR count). The van der Waals surface area contributed by atoms with E-state index < -0.39 is 31.6 Å². The van der Waals surface area contributed by atoms with Crippen LogP contribution in [0.5, 0.6) is 5.88 Å². The highest BCUT2D eigenvalue weighted by Gasteiger charge is 2.50. The molecule has 2 saturated carbocycles. The SMILES string of the molecule is O=C(NS(=O)(=O)c1cc([N+](=O)[O-])c2c(n1)OCC(Cc1ccccc1)N2)c1ccc(N2CCC3(CC2)CC(N2CCC[C@H]2c2ccccc2C2CC2)C3)cc1-n1ncc2nc3[nH]ccc3cc21. The third kappa shape index (κ3) is 7.63. The first kappa shape index (κ1) is 41.6. The van der Waals surface area contributed by atoms with E-state index in [1.807, 2.05) is 54.6 Å². The van der Waals surface area contributed by atoms with Crippen LogP contribution in [0.4, 0.5) is 17.1 Å². The summed E-state index contributed by atoms with van der Waals surface area (Å²) in [6.07, 6.45) is 13.6. The van der Waals surface area contributed by atoms with Gasteiger partial charge in [0.05, 0.1) is 40.0 Å². The summed E-state index contributed by atoms with van der Waals surface area (Å²) in [7, 11) is -4.77. The Morgan fingerprint density at radius 1 is 0.925 bits per heavy atom. The monoisotopic (exact) mass is 918 g/mol. The van der Waals surface area contributed by atoms with E-state index in [4.69, 9.17) is 9.72 Å². The van der Waals surface area contributed by atoms with Crippen molar-refractivity contribution in [2.45, 2.75) is 86.9 Å². The molecular weight excluding hydrogens is 869 g/mol. The maximum Gasteiger partial charge on any atom is 0.300 e. The van der Waals surface area contributed by atoms with Crippen LogP contribution in [0.15, 0.2) is 108 Å². The first-order valence-electron chi connectivity index (χ1n) is 23.3. The van der Waals surface area contributed by atoms with Crippen molar-refractivity contribution in [2.75, 3.05) is 36.5 Å². The van der Waals surface area contributed by atoms with Crippen LogP contribution in [-0.4, -0.2) is 87.2 Å². The fraction of sp³-hybridized carbons (Fsp3) is 0.360. The number of sulfonamides is 1. The number of benzene rings is 3. The third-order valence-corrected chi connectivity index (χ3v) is 16.1. The van der Waals surface area contributed by atoms with E-state index in [0.29, 0.717) is 46.3 Å². The van der Waals surface area contributed by atoms with Crippen LogP contribution >= 0.6 is 0 Å². The van der Waals surface area contributed by atoms with Crippen LogP contribution < -0.4 is 19.7 Å². The molecule has 0 bridgehead atoms. The smallest absolute Gasteiger partial charge is 0.300 e. The number of anilines is 2. The highest BCUT2D eigenvalue weighted by molar-refractivity contribution is 7.90. The molecule has 67 heavy (non-hydrogen) atoms. The average Bonchev–Trinajstić information content (AvgIpc) is 3.66. The van der Waals surface area contributed by atoms with E-state index in [2.05, 4.69) is 59.2 Å². The van der Waals surface area contributed by atoms with Gasteiger partial charge in [-0.25, -0.2) is 14.4 Å². The van der Waals surface area contributed by atoms with Gasteiger partial charge < -0.3 is 19.9 Å². The number of carbonyl (C=O) groups excluding carboxylic acids is 1. The number of hydrogen-bond donors (Lipinski definition) is 3. The molecule has 5 aliphatic rings. The van der Waals surface area contributed by atoms with E-state index >= 15 is 0 Å². The number of fused-ring (bicyclic) bond motifs is 3. The standard InChI is InChI=1S/C50H50N10O6S/c61-48(56-67(64,65)45-26-44(60(62)63)46-49(55-45)66-30-34(53-46)23-31-7-2-1-3-8-31)39-15-14-35(25-42(39)59-43-24-33-16-19-51-47(33)54-40(43)29-52-59)57-21-17-50(18-22-57)27-36(28-50)58-20-6-11-41(58)38-10-5-4-9-37(38)32-12-13-32/h1-5,7-10,14-16,19,24-26,29,32,34,36,41,53H,6,11-13,17-18,20-23,27-28,30H2,(H,51,54)(H,56,61)/t34?,41-/m0/s1. The maximum absolute atomic E-state index is 14.3. The summed E-state index contributed by atoms with van der Waals surface area (Å²) in [6.45, 7) is 2.95. The van der Waals surface area contributed by atoms with Crippen molar-refractivity contribution in [2.24, 2.45) is 5.41 Å². The summed E-state index contributed by atoms with van der Waals surface area (Å²) in [4.78, 5) is 43.2. The molecule has 17 heteroatoms. The van der Waals surface area contributed by atoms with Gasteiger partial charge in [0, 0.05) is 42.4 Å². The molecule has 7 aromatic rings. The topological polar surface area (TPSA) is 194 Å². The highest BCUT2D eigenvalue weighted by Crippen LogP contribution is 2.55. The number of H-pyrrole nitrogens is 1. The van der Waals surface area contributed by atoms with Crippen LogP contribution in [0.3, 0.4) is 0 Å². The number of nitrogens with one attached hydrogen (secondary N) is 3. The van der Waals surface area contributed by atoms with Gasteiger partial charge in [-0.05, 0) is 123 Å². The lowest BCUT2D eigenvalue weighted by atomic mass is 9.59. The zero-order chi connectivity index (χ0) is 45.4. The fourth-order valence-corrected chi connectivity index (χ4v) is 12.3. The minimum Gasteiger partial charge on any atom is -0.474 e. The zero-order valence-corrected chi connectivity index (χ0v) is 37.6. The third-order valence-electron chi connectivity index (χ3n) is 14.9. The van der Waals surface area contributed by atoms with E-state index in [1.54, 1.807) is 34.3 Å². The van der Waals surface area contributed by atoms with Crippen LogP contribution in [0, 0.1) is 15.5 Å². The number of pyridine rings is 2. The summed E-state index contributed by atoms with van der Waals surface area (Å²) in [6, 6.07) is 29.6. The van der Waals surface area contributed by atoms with Crippen LogP contribution in [-0.2, 0) is 16.4 Å². The molecule has 2 saturated heterocycles. The van der Waals surface area contributed by atoms with E-state index in [1.165, 1.54) is 45.1 Å². The Kier molecular flexibility index (Phi) is 10.0. The van der Waals surface area contributed by atoms with Gasteiger partial charge in [-0.3, -0.25) is 19.8 Å². The highest BCUT2D eigenvalue weighted by atomic mass is 32.2. The van der Waals surface area contributed by atoms with Crippen molar-refractivity contribution in [1.29, 1.82) is 0 Å². The maximum atomic E-state index is 14.3. The van der Waals surface area contributed by atoms with Crippen molar-refractivity contribution in [3.8, 4) is 11.6 Å². The molecule has 16 nitrogen and oxygen atoms in total. The number of piperidine rings is 1. The Labute approximate surface area is 386 Å². The number of aromatic nitrogens is 5. The van der Waals surface area contributed by atoms with Gasteiger partial charge in [0.2, 0.25) is 5.88 Å². The molecule has 342 valence electrons. The molecule has 3 aromatic carbocycles. The Bertz CT molecular complexity index is 3190. The summed E-state index contributed by atoms with van der Waals surface area (Å²) >= 11 is 0. The molecule has 3 N–H and O–H groups in total. The number of aromatic amines is 1. The summed E-state index contributed by atoms with van der Waals surface area (Å²) in [5.41, 5.74) is 7.03. The normalized spacial score (nSPS) is 20.6. The van der Waals surface area contributed by atoms with Gasteiger partial charge in [0.1, 0.15) is 17.8 Å². The molecular formula is C50H50N10O6S. The first-order chi connectivity index (χ1) is 32.6. The van der Waals surface area contributed by atoms with Crippen LogP contribution in [0.2, 0.25) is 0 Å². The number of rotatable bonds is 11. The number of likely N-dealkylation sites (tertiary alicyclic amines) is 1.